The molecule has 0 fully saturated rings. The smallest absolute Gasteiger partial charge is 0.271 e. The average molecular weight is 327 g/mol. The maximum absolute atomic E-state index is 12.5. The molecule has 5 nitrogen and oxygen atoms in total. The fourth-order valence-electron chi connectivity index (χ4n) is 2.28. The van der Waals surface area contributed by atoms with Gasteiger partial charge in [-0.05, 0) is 23.8 Å². The van der Waals surface area contributed by atoms with E-state index in [0.717, 1.165) is 11.1 Å². The Bertz CT molecular complexity index is 816. The van der Waals surface area contributed by atoms with Gasteiger partial charge in [0.1, 0.15) is 5.69 Å². The molecule has 0 aliphatic heterocycles. The number of carbonyl (C=O) groups is 1. The van der Waals surface area contributed by atoms with Crippen molar-refractivity contribution < 1.29 is 4.79 Å². The van der Waals surface area contributed by atoms with E-state index in [1.54, 1.807) is 36.5 Å². The van der Waals surface area contributed by atoms with Gasteiger partial charge in [0.15, 0.2) is 0 Å². The van der Waals surface area contributed by atoms with E-state index in [9.17, 15) is 4.79 Å². The molecule has 0 aliphatic carbocycles. The first-order valence-electron chi connectivity index (χ1n) is 7.10. The molecule has 0 saturated carbocycles. The van der Waals surface area contributed by atoms with Crippen molar-refractivity contribution in [1.29, 1.82) is 0 Å². The third-order valence-electron chi connectivity index (χ3n) is 3.45. The van der Waals surface area contributed by atoms with Gasteiger partial charge in [-0.3, -0.25) is 14.9 Å². The predicted octanol–water partition coefficient (Wildman–Crippen LogP) is 3.40. The van der Waals surface area contributed by atoms with Crippen LogP contribution < -0.4 is 0 Å². The molecule has 0 unspecified atom stereocenters. The van der Waals surface area contributed by atoms with Crippen LogP contribution in [0.3, 0.4) is 0 Å². The lowest BCUT2D eigenvalue weighted by Crippen LogP contribution is -2.26. The summed E-state index contributed by atoms with van der Waals surface area (Å²) in [6, 6.07) is 12.9. The maximum atomic E-state index is 12.5. The molecule has 2 aromatic heterocycles. The minimum Gasteiger partial charge on any atom is -0.336 e. The first-order chi connectivity index (χ1) is 11.1. The Labute approximate surface area is 138 Å². The minimum atomic E-state index is -0.139. The summed E-state index contributed by atoms with van der Waals surface area (Å²) in [5.41, 5.74) is 2.83. The van der Waals surface area contributed by atoms with E-state index in [4.69, 9.17) is 11.6 Å². The lowest BCUT2D eigenvalue weighted by Gasteiger charge is -2.15. The Morgan fingerprint density at radius 2 is 2.09 bits per heavy atom. The van der Waals surface area contributed by atoms with Crippen molar-refractivity contribution in [2.45, 2.75) is 6.54 Å². The largest absolute Gasteiger partial charge is 0.336 e. The van der Waals surface area contributed by atoms with Gasteiger partial charge in [0.25, 0.3) is 5.91 Å². The van der Waals surface area contributed by atoms with Crippen LogP contribution in [0.5, 0.6) is 0 Å². The molecule has 3 rings (SSSR count). The molecular weight excluding hydrogens is 312 g/mol. The van der Waals surface area contributed by atoms with Gasteiger partial charge in [0.2, 0.25) is 0 Å². The van der Waals surface area contributed by atoms with Crippen molar-refractivity contribution in [2.24, 2.45) is 0 Å². The fourth-order valence-corrected chi connectivity index (χ4v) is 2.51. The standard InChI is InChI=1S/C17H15ClN4O/c1-22(11-12-5-4-8-19-10-12)17(23)16-9-15(20-21-16)13-6-2-3-7-14(13)18/h2-10H,11H2,1H3,(H,20,21). The van der Waals surface area contributed by atoms with Crippen molar-refractivity contribution in [3.05, 3.63) is 71.1 Å². The van der Waals surface area contributed by atoms with Crippen LogP contribution in [0.2, 0.25) is 5.02 Å². The highest BCUT2D eigenvalue weighted by molar-refractivity contribution is 6.33. The molecule has 0 radical (unpaired) electrons. The van der Waals surface area contributed by atoms with Crippen LogP contribution in [0.25, 0.3) is 11.3 Å². The van der Waals surface area contributed by atoms with Crippen molar-refractivity contribution in [1.82, 2.24) is 20.1 Å². The number of benzene rings is 1. The third kappa shape index (κ3) is 3.40. The van der Waals surface area contributed by atoms with Crippen LogP contribution in [0.1, 0.15) is 16.1 Å². The maximum Gasteiger partial charge on any atom is 0.271 e. The minimum absolute atomic E-state index is 0.139. The van der Waals surface area contributed by atoms with Gasteiger partial charge >= 0.3 is 0 Å². The SMILES string of the molecule is CN(Cc1cccnc1)C(=O)c1cc(-c2ccccc2Cl)n[nH]1. The van der Waals surface area contributed by atoms with Gasteiger partial charge < -0.3 is 4.90 Å². The lowest BCUT2D eigenvalue weighted by molar-refractivity contribution is 0.0779. The van der Waals surface area contributed by atoms with Gasteiger partial charge in [-0.2, -0.15) is 5.10 Å². The van der Waals surface area contributed by atoms with E-state index < -0.39 is 0 Å². The number of nitrogens with zero attached hydrogens (tertiary/aromatic N) is 3. The Balaban J connectivity index is 1.77. The molecule has 1 amide bonds. The molecule has 0 bridgehead atoms. The average Bonchev–Trinajstić information content (AvgIpc) is 3.05. The quantitative estimate of drug-likeness (QED) is 0.799. The Morgan fingerprint density at radius 1 is 1.26 bits per heavy atom. The van der Waals surface area contributed by atoms with Crippen LogP contribution >= 0.6 is 11.6 Å². The summed E-state index contributed by atoms with van der Waals surface area (Å²) in [6.07, 6.45) is 3.45. The topological polar surface area (TPSA) is 61.9 Å². The summed E-state index contributed by atoms with van der Waals surface area (Å²) >= 11 is 6.16. The normalized spacial score (nSPS) is 10.5. The zero-order chi connectivity index (χ0) is 16.2. The summed E-state index contributed by atoms with van der Waals surface area (Å²) in [5, 5.41) is 7.57. The van der Waals surface area contributed by atoms with E-state index >= 15 is 0 Å². The number of H-pyrrole nitrogens is 1. The Morgan fingerprint density at radius 3 is 2.83 bits per heavy atom. The number of carbonyl (C=O) groups excluding carboxylic acids is 1. The molecule has 6 heteroatoms. The van der Waals surface area contributed by atoms with Crippen molar-refractivity contribution >= 4 is 17.5 Å². The summed E-state index contributed by atoms with van der Waals surface area (Å²) in [4.78, 5) is 18.1. The van der Waals surface area contributed by atoms with Gasteiger partial charge in [-0.25, -0.2) is 0 Å². The summed E-state index contributed by atoms with van der Waals surface area (Å²) in [5.74, 6) is -0.139. The number of hydrogen-bond acceptors (Lipinski definition) is 3. The van der Waals surface area contributed by atoms with E-state index in [-0.39, 0.29) is 5.91 Å². The number of rotatable bonds is 4. The number of pyridine rings is 1. The predicted molar refractivity (Wildman–Crippen MR) is 89.1 cm³/mol. The van der Waals surface area contributed by atoms with E-state index in [1.807, 2.05) is 30.3 Å². The molecule has 3 aromatic rings. The molecule has 0 aliphatic rings. The van der Waals surface area contributed by atoms with Crippen molar-refractivity contribution in [3.8, 4) is 11.3 Å². The molecule has 116 valence electrons. The number of halogens is 1. The van der Waals surface area contributed by atoms with Crippen LogP contribution in [0, 0.1) is 0 Å². The van der Waals surface area contributed by atoms with Crippen molar-refractivity contribution in [2.75, 3.05) is 7.05 Å². The highest BCUT2D eigenvalue weighted by atomic mass is 35.5. The molecule has 1 aromatic carbocycles. The molecule has 23 heavy (non-hydrogen) atoms. The lowest BCUT2D eigenvalue weighted by atomic mass is 10.1. The van der Waals surface area contributed by atoms with Gasteiger partial charge in [0.05, 0.1) is 10.7 Å². The molecular formula is C17H15ClN4O. The van der Waals surface area contributed by atoms with Crippen LogP contribution in [-0.4, -0.2) is 33.0 Å². The Kier molecular flexibility index (Phi) is 4.39. The first kappa shape index (κ1) is 15.2. The van der Waals surface area contributed by atoms with Crippen molar-refractivity contribution in [3.63, 3.8) is 0 Å². The number of amides is 1. The van der Waals surface area contributed by atoms with Gasteiger partial charge in [0, 0.05) is 31.5 Å². The summed E-state index contributed by atoms with van der Waals surface area (Å²) in [6.45, 7) is 0.479. The summed E-state index contributed by atoms with van der Waals surface area (Å²) < 4.78 is 0. The zero-order valence-corrected chi connectivity index (χ0v) is 13.3. The van der Waals surface area contributed by atoms with E-state index in [0.29, 0.717) is 23.0 Å². The highest BCUT2D eigenvalue weighted by Gasteiger charge is 2.16. The monoisotopic (exact) mass is 326 g/mol. The second kappa shape index (κ2) is 6.62. The Hall–Kier alpha value is -2.66. The fraction of sp³-hybridized carbons (Fsp3) is 0.118. The number of aromatic amines is 1. The van der Waals surface area contributed by atoms with Gasteiger partial charge in [-0.15, -0.1) is 0 Å². The van der Waals surface area contributed by atoms with E-state index in [1.165, 1.54) is 0 Å². The second-order valence-corrected chi connectivity index (χ2v) is 5.58. The third-order valence-corrected chi connectivity index (χ3v) is 3.78. The molecule has 0 atom stereocenters. The van der Waals surface area contributed by atoms with Crippen LogP contribution in [-0.2, 0) is 6.54 Å². The van der Waals surface area contributed by atoms with E-state index in [2.05, 4.69) is 15.2 Å². The highest BCUT2D eigenvalue weighted by Crippen LogP contribution is 2.26. The number of aromatic nitrogens is 3. The molecule has 1 N–H and O–H groups in total. The molecule has 0 spiro atoms. The van der Waals surface area contributed by atoms with Crippen LogP contribution in [0.4, 0.5) is 0 Å². The van der Waals surface area contributed by atoms with Crippen LogP contribution in [0.15, 0.2) is 54.9 Å². The number of hydrogen-bond donors (Lipinski definition) is 1. The molecule has 0 saturated heterocycles. The zero-order valence-electron chi connectivity index (χ0n) is 12.5. The number of nitrogens with one attached hydrogen (secondary N) is 1. The second-order valence-electron chi connectivity index (χ2n) is 5.17. The van der Waals surface area contributed by atoms with Gasteiger partial charge in [-0.1, -0.05) is 35.9 Å². The molecule has 2 heterocycles. The summed E-state index contributed by atoms with van der Waals surface area (Å²) in [7, 11) is 1.74. The first-order valence-corrected chi connectivity index (χ1v) is 7.47.